The molecule has 1 fully saturated rings. The Labute approximate surface area is 110 Å². The minimum absolute atomic E-state index is 0.226. The molecule has 0 radical (unpaired) electrons. The lowest BCUT2D eigenvalue weighted by atomic mass is 10.0. The maximum atomic E-state index is 10.5. The van der Waals surface area contributed by atoms with Crippen molar-refractivity contribution < 1.29 is 5.11 Å². The van der Waals surface area contributed by atoms with Gasteiger partial charge >= 0.3 is 0 Å². The van der Waals surface area contributed by atoms with Crippen LogP contribution in [0, 0.1) is 23.7 Å². The molecule has 90 valence electrons. The maximum absolute atomic E-state index is 10.5. The Morgan fingerprint density at radius 2 is 1.81 bits per heavy atom. The molecule has 1 aromatic heterocycles. The van der Waals surface area contributed by atoms with Crippen LogP contribution in [0.5, 0.6) is 0 Å². The molecule has 1 atom stereocenters. The fourth-order valence-corrected chi connectivity index (χ4v) is 4.80. The summed E-state index contributed by atoms with van der Waals surface area (Å²) in [5, 5.41) is 10.5. The summed E-state index contributed by atoms with van der Waals surface area (Å²) in [4.78, 5) is 2.33. The number of hydrogen-bond donors (Lipinski definition) is 1. The molecule has 2 rings (SSSR count). The van der Waals surface area contributed by atoms with Crippen molar-refractivity contribution >= 4 is 27.3 Å². The molecular weight excluding hydrogens is 284 g/mol. The van der Waals surface area contributed by atoms with Crippen molar-refractivity contribution in [2.24, 2.45) is 16.7 Å². The first-order chi connectivity index (χ1) is 7.19. The highest BCUT2D eigenvalue weighted by Crippen LogP contribution is 2.72. The maximum Gasteiger partial charge on any atom is 0.0932 e. The number of aliphatic hydroxyl groups excluding tert-OH is 1. The van der Waals surface area contributed by atoms with Crippen molar-refractivity contribution in [1.82, 2.24) is 0 Å². The molecule has 1 aliphatic carbocycles. The fourth-order valence-electron chi connectivity index (χ4n) is 2.89. The van der Waals surface area contributed by atoms with Crippen molar-refractivity contribution in [3.05, 3.63) is 20.3 Å². The van der Waals surface area contributed by atoms with Gasteiger partial charge in [-0.2, -0.15) is 0 Å². The Kier molecular flexibility index (Phi) is 2.81. The molecule has 0 bridgehead atoms. The zero-order valence-electron chi connectivity index (χ0n) is 10.5. The normalized spacial score (nSPS) is 24.4. The van der Waals surface area contributed by atoms with Gasteiger partial charge in [-0.1, -0.05) is 27.7 Å². The van der Waals surface area contributed by atoms with E-state index in [9.17, 15) is 5.11 Å². The Balaban J connectivity index is 2.29. The number of aliphatic hydroxyl groups is 1. The molecule has 0 aromatic carbocycles. The second kappa shape index (κ2) is 3.56. The lowest BCUT2D eigenvalue weighted by molar-refractivity contribution is 0.133. The predicted octanol–water partition coefficient (Wildman–Crippen LogP) is 4.53. The topological polar surface area (TPSA) is 20.2 Å². The van der Waals surface area contributed by atoms with Crippen LogP contribution < -0.4 is 0 Å². The van der Waals surface area contributed by atoms with Crippen LogP contribution in [0.15, 0.2) is 10.5 Å². The van der Waals surface area contributed by atoms with Gasteiger partial charge in [-0.25, -0.2) is 0 Å². The summed E-state index contributed by atoms with van der Waals surface area (Å²) in [6.07, 6.45) is -0.335. The van der Waals surface area contributed by atoms with E-state index in [-0.39, 0.29) is 16.9 Å². The molecule has 16 heavy (non-hydrogen) atoms. The number of halogens is 1. The summed E-state index contributed by atoms with van der Waals surface area (Å²) < 4.78 is 1.06. The van der Waals surface area contributed by atoms with E-state index >= 15 is 0 Å². The van der Waals surface area contributed by atoms with Crippen molar-refractivity contribution in [3.63, 3.8) is 0 Å². The average Bonchev–Trinajstić information content (AvgIpc) is 2.37. The van der Waals surface area contributed by atoms with Crippen LogP contribution in [-0.4, -0.2) is 5.11 Å². The Hall–Kier alpha value is 0.140. The summed E-state index contributed by atoms with van der Waals surface area (Å²) in [6.45, 7) is 11.1. The minimum Gasteiger partial charge on any atom is -0.387 e. The molecule has 1 saturated carbocycles. The van der Waals surface area contributed by atoms with Crippen LogP contribution in [0.4, 0.5) is 0 Å². The summed E-state index contributed by atoms with van der Waals surface area (Å²) in [7, 11) is 0. The molecule has 0 aliphatic heterocycles. The fraction of sp³-hybridized carbons (Fsp3) is 0.692. The molecule has 1 nitrogen and oxygen atoms in total. The van der Waals surface area contributed by atoms with Gasteiger partial charge in [-0.15, -0.1) is 11.3 Å². The van der Waals surface area contributed by atoms with Crippen molar-refractivity contribution in [3.8, 4) is 0 Å². The van der Waals surface area contributed by atoms with E-state index in [1.807, 2.05) is 0 Å². The van der Waals surface area contributed by atoms with Gasteiger partial charge in [0.15, 0.2) is 0 Å². The lowest BCUT2D eigenvalue weighted by Crippen LogP contribution is -2.04. The third-order valence-electron chi connectivity index (χ3n) is 4.55. The van der Waals surface area contributed by atoms with Gasteiger partial charge in [0.25, 0.3) is 0 Å². The van der Waals surface area contributed by atoms with Crippen molar-refractivity contribution in [1.29, 1.82) is 0 Å². The van der Waals surface area contributed by atoms with E-state index in [1.165, 1.54) is 4.88 Å². The molecule has 0 spiro atoms. The van der Waals surface area contributed by atoms with Gasteiger partial charge in [-0.3, -0.25) is 0 Å². The van der Waals surface area contributed by atoms with Gasteiger partial charge in [0.2, 0.25) is 0 Å². The van der Waals surface area contributed by atoms with Crippen molar-refractivity contribution in [2.75, 3.05) is 0 Å². The van der Waals surface area contributed by atoms with Crippen LogP contribution in [-0.2, 0) is 0 Å². The summed E-state index contributed by atoms with van der Waals surface area (Å²) in [5.41, 5.74) is 0.452. The highest BCUT2D eigenvalue weighted by atomic mass is 79.9. The zero-order chi connectivity index (χ0) is 12.3. The molecule has 3 heteroatoms. The smallest absolute Gasteiger partial charge is 0.0932 e. The first kappa shape index (κ1) is 12.6. The van der Waals surface area contributed by atoms with Crippen LogP contribution in [0.1, 0.15) is 43.6 Å². The largest absolute Gasteiger partial charge is 0.387 e. The van der Waals surface area contributed by atoms with Gasteiger partial charge in [0.1, 0.15) is 0 Å². The second-order valence-electron chi connectivity index (χ2n) is 5.94. The summed E-state index contributed by atoms with van der Waals surface area (Å²) in [6, 6.07) is 2.09. The first-order valence-electron chi connectivity index (χ1n) is 5.63. The molecule has 1 aromatic rings. The Bertz CT molecular complexity index is 406. The first-order valence-corrected chi connectivity index (χ1v) is 7.24. The average molecular weight is 303 g/mol. The van der Waals surface area contributed by atoms with E-state index in [1.54, 1.807) is 11.3 Å². The Morgan fingerprint density at radius 1 is 1.31 bits per heavy atom. The van der Waals surface area contributed by atoms with Crippen LogP contribution >= 0.6 is 27.3 Å². The third-order valence-corrected chi connectivity index (χ3v) is 6.59. The number of rotatable bonds is 2. The number of aryl methyl sites for hydroxylation is 1. The van der Waals surface area contributed by atoms with E-state index in [4.69, 9.17) is 0 Å². The zero-order valence-corrected chi connectivity index (χ0v) is 12.9. The molecule has 1 aliphatic rings. The van der Waals surface area contributed by atoms with Gasteiger partial charge in [0, 0.05) is 20.1 Å². The highest BCUT2D eigenvalue weighted by molar-refractivity contribution is 9.10. The van der Waals surface area contributed by atoms with Crippen LogP contribution in [0.25, 0.3) is 0 Å². The van der Waals surface area contributed by atoms with Gasteiger partial charge in [0.05, 0.1) is 6.10 Å². The second-order valence-corrected chi connectivity index (χ2v) is 8.08. The predicted molar refractivity (Wildman–Crippen MR) is 72.8 cm³/mol. The third kappa shape index (κ3) is 1.59. The summed E-state index contributed by atoms with van der Waals surface area (Å²) >= 11 is 5.23. The Morgan fingerprint density at radius 3 is 2.12 bits per heavy atom. The SMILES string of the molecule is Cc1cc(Br)c(C(O)C2C(C)(C)C2(C)C)s1. The molecule has 0 saturated heterocycles. The summed E-state index contributed by atoms with van der Waals surface area (Å²) in [5.74, 6) is 0.356. The quantitative estimate of drug-likeness (QED) is 0.850. The van der Waals surface area contributed by atoms with Gasteiger partial charge in [-0.05, 0) is 39.8 Å². The van der Waals surface area contributed by atoms with Crippen LogP contribution in [0.2, 0.25) is 0 Å². The molecule has 0 amide bonds. The number of hydrogen-bond acceptors (Lipinski definition) is 2. The number of thiophene rings is 1. The van der Waals surface area contributed by atoms with E-state index in [0.29, 0.717) is 5.92 Å². The van der Waals surface area contributed by atoms with E-state index < -0.39 is 0 Å². The standard InChI is InChI=1S/C13H19BrOS/c1-7-6-8(14)10(16-7)9(15)11-12(2,3)13(11,4)5/h6,9,11,15H,1-5H3. The van der Waals surface area contributed by atoms with E-state index in [2.05, 4.69) is 56.6 Å². The minimum atomic E-state index is -0.335. The molecule has 1 heterocycles. The molecular formula is C13H19BrOS. The highest BCUT2D eigenvalue weighted by Gasteiger charge is 2.67. The van der Waals surface area contributed by atoms with E-state index in [0.717, 1.165) is 9.35 Å². The monoisotopic (exact) mass is 302 g/mol. The van der Waals surface area contributed by atoms with Crippen LogP contribution in [0.3, 0.4) is 0 Å². The molecule has 1 N–H and O–H groups in total. The molecule has 1 unspecified atom stereocenters. The van der Waals surface area contributed by atoms with Crippen molar-refractivity contribution in [2.45, 2.75) is 40.7 Å². The lowest BCUT2D eigenvalue weighted by Gasteiger charge is -2.11. The van der Waals surface area contributed by atoms with Gasteiger partial charge < -0.3 is 5.11 Å².